The molecule has 0 aromatic heterocycles. The number of benzene rings is 2. The first-order chi connectivity index (χ1) is 11.1. The highest BCUT2D eigenvalue weighted by atomic mass is 28.4. The van der Waals surface area contributed by atoms with Crippen LogP contribution in [-0.4, -0.2) is 14.3 Å². The Kier molecular flexibility index (Phi) is 5.05. The fraction of sp³-hybridized carbons (Fsp3) is 0.381. The molecule has 0 amide bonds. The maximum absolute atomic E-state index is 12.9. The van der Waals surface area contributed by atoms with E-state index in [1.165, 1.54) is 0 Å². The van der Waals surface area contributed by atoms with E-state index in [2.05, 4.69) is 45.0 Å². The van der Waals surface area contributed by atoms with Crippen LogP contribution < -0.4 is 10.4 Å². The molecule has 0 saturated heterocycles. The minimum Gasteiger partial charge on any atom is -0.509 e. The summed E-state index contributed by atoms with van der Waals surface area (Å²) in [5.41, 5.74) is -0.535. The van der Waals surface area contributed by atoms with Crippen LogP contribution in [0, 0.1) is 5.41 Å². The molecular formula is C21H28O2Si. The van der Waals surface area contributed by atoms with Crippen LogP contribution in [0.3, 0.4) is 0 Å². The van der Waals surface area contributed by atoms with Gasteiger partial charge in [-0.1, -0.05) is 81.4 Å². The van der Waals surface area contributed by atoms with E-state index in [9.17, 15) is 4.79 Å². The lowest BCUT2D eigenvalue weighted by molar-refractivity contribution is -0.143. The van der Waals surface area contributed by atoms with Crippen molar-refractivity contribution in [3.05, 3.63) is 60.7 Å². The SMILES string of the molecule is CC(C)(C)C(=O)O[Si](c1ccccc1)(c1ccccc1)C(C)(C)C. The van der Waals surface area contributed by atoms with E-state index in [-0.39, 0.29) is 11.0 Å². The third-order valence-electron chi connectivity index (χ3n) is 4.27. The fourth-order valence-electron chi connectivity index (χ4n) is 2.94. The van der Waals surface area contributed by atoms with Crippen molar-refractivity contribution in [2.45, 2.75) is 46.6 Å². The van der Waals surface area contributed by atoms with Gasteiger partial charge in [0.05, 0.1) is 5.41 Å². The highest BCUT2D eigenvalue weighted by Gasteiger charge is 2.53. The number of rotatable bonds is 3. The quantitative estimate of drug-likeness (QED) is 0.785. The summed E-state index contributed by atoms with van der Waals surface area (Å²) in [5.74, 6) is -0.142. The Morgan fingerprint density at radius 1 is 0.750 bits per heavy atom. The van der Waals surface area contributed by atoms with Crippen LogP contribution in [0.4, 0.5) is 0 Å². The summed E-state index contributed by atoms with van der Waals surface area (Å²) < 4.78 is 6.44. The molecule has 2 nitrogen and oxygen atoms in total. The third-order valence-corrected chi connectivity index (χ3v) is 9.17. The van der Waals surface area contributed by atoms with Crippen LogP contribution in [-0.2, 0) is 9.22 Å². The standard InChI is InChI=1S/C21H28O2Si/c1-20(2,3)19(22)23-24(21(4,5)6,17-13-9-7-10-14-17)18-15-11-8-12-16-18/h7-16H,1-6H3. The zero-order valence-corrected chi connectivity index (χ0v) is 16.6. The van der Waals surface area contributed by atoms with Gasteiger partial charge in [-0.2, -0.15) is 0 Å². The van der Waals surface area contributed by atoms with Gasteiger partial charge in [-0.15, -0.1) is 0 Å². The van der Waals surface area contributed by atoms with Crippen molar-refractivity contribution >= 4 is 24.7 Å². The van der Waals surface area contributed by atoms with Gasteiger partial charge < -0.3 is 4.43 Å². The topological polar surface area (TPSA) is 26.3 Å². The summed E-state index contributed by atoms with van der Waals surface area (Å²) in [6.07, 6.45) is 0. The van der Waals surface area contributed by atoms with Crippen LogP contribution in [0.5, 0.6) is 0 Å². The lowest BCUT2D eigenvalue weighted by atomic mass is 9.98. The molecule has 0 radical (unpaired) electrons. The zero-order valence-electron chi connectivity index (χ0n) is 15.6. The predicted octanol–water partition coefficient (Wildman–Crippen LogP) is 4.14. The van der Waals surface area contributed by atoms with Gasteiger partial charge in [-0.05, 0) is 36.2 Å². The number of carbonyl (C=O) groups excluding carboxylic acids is 1. The second kappa shape index (κ2) is 6.56. The average molecular weight is 341 g/mol. The maximum atomic E-state index is 12.9. The van der Waals surface area contributed by atoms with Crippen LogP contribution in [0.15, 0.2) is 60.7 Å². The molecule has 0 unspecified atom stereocenters. The Hall–Kier alpha value is -1.87. The first-order valence-corrected chi connectivity index (χ1v) is 10.3. The molecule has 0 saturated carbocycles. The third kappa shape index (κ3) is 3.46. The van der Waals surface area contributed by atoms with Crippen molar-refractivity contribution < 1.29 is 9.22 Å². The summed E-state index contributed by atoms with van der Waals surface area (Å²) in [4.78, 5) is 12.9. The highest BCUT2D eigenvalue weighted by Crippen LogP contribution is 2.38. The van der Waals surface area contributed by atoms with E-state index in [4.69, 9.17) is 4.43 Å². The molecule has 2 aromatic carbocycles. The average Bonchev–Trinajstić information content (AvgIpc) is 2.52. The fourth-order valence-corrected chi connectivity index (χ4v) is 7.46. The van der Waals surface area contributed by atoms with Gasteiger partial charge in [0.1, 0.15) is 0 Å². The monoisotopic (exact) mass is 340 g/mol. The molecule has 24 heavy (non-hydrogen) atoms. The van der Waals surface area contributed by atoms with Crippen LogP contribution in [0.2, 0.25) is 5.04 Å². The maximum Gasteiger partial charge on any atom is 0.323 e. The van der Waals surface area contributed by atoms with E-state index in [0.29, 0.717) is 0 Å². The summed E-state index contributed by atoms with van der Waals surface area (Å²) in [7, 11) is -2.77. The van der Waals surface area contributed by atoms with Gasteiger partial charge in [-0.25, -0.2) is 0 Å². The zero-order chi connectivity index (χ0) is 18.0. The Morgan fingerprint density at radius 3 is 1.42 bits per heavy atom. The molecule has 0 N–H and O–H groups in total. The molecule has 2 rings (SSSR count). The molecular weight excluding hydrogens is 312 g/mol. The molecule has 0 bridgehead atoms. The molecule has 0 heterocycles. The molecule has 2 aromatic rings. The molecule has 0 fully saturated rings. The van der Waals surface area contributed by atoms with E-state index in [1.807, 2.05) is 57.2 Å². The van der Waals surface area contributed by atoms with E-state index in [0.717, 1.165) is 10.4 Å². The van der Waals surface area contributed by atoms with Gasteiger partial charge in [0.2, 0.25) is 0 Å². The van der Waals surface area contributed by atoms with Crippen molar-refractivity contribution in [2.24, 2.45) is 5.41 Å². The van der Waals surface area contributed by atoms with Gasteiger partial charge in [0.15, 0.2) is 0 Å². The molecule has 0 aliphatic carbocycles. The van der Waals surface area contributed by atoms with Crippen LogP contribution in [0.1, 0.15) is 41.5 Å². The summed E-state index contributed by atoms with van der Waals surface area (Å²) in [6, 6.07) is 20.5. The number of hydrogen-bond donors (Lipinski definition) is 0. The van der Waals surface area contributed by atoms with Crippen LogP contribution in [0.25, 0.3) is 0 Å². The van der Waals surface area contributed by atoms with Crippen molar-refractivity contribution in [1.29, 1.82) is 0 Å². The molecule has 0 aliphatic heterocycles. The minimum absolute atomic E-state index is 0.142. The first-order valence-electron chi connectivity index (χ1n) is 8.43. The van der Waals surface area contributed by atoms with Crippen molar-refractivity contribution in [1.82, 2.24) is 0 Å². The summed E-state index contributed by atoms with van der Waals surface area (Å²) in [5, 5.41) is 2.07. The molecule has 0 spiro atoms. The Bertz CT molecular complexity index is 640. The number of hydrogen-bond acceptors (Lipinski definition) is 2. The Labute approximate surface area is 147 Å². The van der Waals surface area contributed by atoms with Crippen molar-refractivity contribution in [2.75, 3.05) is 0 Å². The normalized spacial score (nSPS) is 12.8. The Balaban J connectivity index is 2.73. The second-order valence-electron chi connectivity index (χ2n) is 8.30. The number of carbonyl (C=O) groups is 1. The molecule has 3 heteroatoms. The van der Waals surface area contributed by atoms with Crippen molar-refractivity contribution in [3.8, 4) is 0 Å². The van der Waals surface area contributed by atoms with Crippen LogP contribution >= 0.6 is 0 Å². The first kappa shape index (κ1) is 18.5. The predicted molar refractivity (Wildman–Crippen MR) is 103 cm³/mol. The summed E-state index contributed by atoms with van der Waals surface area (Å²) >= 11 is 0. The van der Waals surface area contributed by atoms with Gasteiger partial charge in [0, 0.05) is 0 Å². The second-order valence-corrected chi connectivity index (χ2v) is 12.5. The van der Waals surface area contributed by atoms with Gasteiger partial charge in [0.25, 0.3) is 5.97 Å². The summed E-state index contributed by atoms with van der Waals surface area (Å²) in [6.45, 7) is 12.3. The lowest BCUT2D eigenvalue weighted by Crippen LogP contribution is -2.68. The van der Waals surface area contributed by atoms with Crippen molar-refractivity contribution in [3.63, 3.8) is 0 Å². The minimum atomic E-state index is -2.77. The van der Waals surface area contributed by atoms with Gasteiger partial charge >= 0.3 is 8.32 Å². The molecule has 0 aliphatic rings. The Morgan fingerprint density at radius 2 is 1.12 bits per heavy atom. The van der Waals surface area contributed by atoms with Gasteiger partial charge in [-0.3, -0.25) is 4.79 Å². The van der Waals surface area contributed by atoms with E-state index < -0.39 is 13.7 Å². The highest BCUT2D eigenvalue weighted by molar-refractivity contribution is 7.00. The van der Waals surface area contributed by atoms with E-state index in [1.54, 1.807) is 0 Å². The molecule has 128 valence electrons. The molecule has 0 atom stereocenters. The smallest absolute Gasteiger partial charge is 0.323 e. The lowest BCUT2D eigenvalue weighted by Gasteiger charge is -2.43. The largest absolute Gasteiger partial charge is 0.509 e. The van der Waals surface area contributed by atoms with E-state index >= 15 is 0 Å².